The zero-order valence-corrected chi connectivity index (χ0v) is 16.9. The normalized spacial score (nSPS) is 13.3. The lowest BCUT2D eigenvalue weighted by atomic mass is 10.1. The third-order valence-electron chi connectivity index (χ3n) is 4.92. The maximum absolute atomic E-state index is 12.7. The molecule has 6 nitrogen and oxygen atoms in total. The molecule has 1 aliphatic heterocycles. The van der Waals surface area contributed by atoms with Crippen molar-refractivity contribution < 1.29 is 14.3 Å². The van der Waals surface area contributed by atoms with Crippen LogP contribution in [0.15, 0.2) is 47.6 Å². The van der Waals surface area contributed by atoms with Crippen molar-refractivity contribution in [2.45, 2.75) is 19.8 Å². The summed E-state index contributed by atoms with van der Waals surface area (Å²) in [4.78, 5) is 14.5. The second kappa shape index (κ2) is 8.78. The lowest BCUT2D eigenvalue weighted by Gasteiger charge is -2.19. The van der Waals surface area contributed by atoms with Crippen molar-refractivity contribution in [3.05, 3.63) is 53.6 Å². The SMILES string of the molecule is COc1ccc(CCN(C)C(=O)c2ccc(N3CCC(C)=N3)cc2)cc1OC. The van der Waals surface area contributed by atoms with Crippen LogP contribution in [0.5, 0.6) is 11.5 Å². The molecule has 0 bridgehead atoms. The number of hydrogen-bond donors (Lipinski definition) is 0. The molecule has 0 N–H and O–H groups in total. The molecule has 2 aromatic carbocycles. The van der Waals surface area contributed by atoms with Crippen molar-refractivity contribution >= 4 is 17.3 Å². The van der Waals surface area contributed by atoms with Crippen LogP contribution in [0.1, 0.15) is 29.3 Å². The van der Waals surface area contributed by atoms with Gasteiger partial charge in [-0.2, -0.15) is 5.10 Å². The second-order valence-electron chi connectivity index (χ2n) is 6.92. The van der Waals surface area contributed by atoms with Crippen molar-refractivity contribution in [1.82, 2.24) is 4.90 Å². The fraction of sp³-hybridized carbons (Fsp3) is 0.364. The molecule has 6 heteroatoms. The number of benzene rings is 2. The third-order valence-corrected chi connectivity index (χ3v) is 4.92. The molecule has 0 saturated carbocycles. The van der Waals surface area contributed by atoms with Gasteiger partial charge < -0.3 is 14.4 Å². The first-order chi connectivity index (χ1) is 13.5. The highest BCUT2D eigenvalue weighted by molar-refractivity contribution is 5.94. The Morgan fingerprint density at radius 1 is 1.11 bits per heavy atom. The maximum atomic E-state index is 12.7. The summed E-state index contributed by atoms with van der Waals surface area (Å²) in [7, 11) is 5.06. The van der Waals surface area contributed by atoms with Gasteiger partial charge in [-0.15, -0.1) is 0 Å². The Bertz CT molecular complexity index is 862. The summed E-state index contributed by atoms with van der Waals surface area (Å²) >= 11 is 0. The predicted molar refractivity (Wildman–Crippen MR) is 112 cm³/mol. The van der Waals surface area contributed by atoms with Crippen molar-refractivity contribution in [2.24, 2.45) is 5.10 Å². The zero-order chi connectivity index (χ0) is 20.1. The van der Waals surface area contributed by atoms with Crippen LogP contribution >= 0.6 is 0 Å². The van der Waals surface area contributed by atoms with Crippen LogP contribution in [-0.4, -0.2) is 50.9 Å². The van der Waals surface area contributed by atoms with Crippen LogP contribution < -0.4 is 14.5 Å². The topological polar surface area (TPSA) is 54.4 Å². The standard InChI is InChI=1S/C22H27N3O3/c1-16-11-14-25(23-16)19-8-6-18(7-9-19)22(26)24(2)13-12-17-5-10-20(27-3)21(15-17)28-4/h5-10,15H,11-14H2,1-4H3. The number of nitrogens with zero attached hydrogens (tertiary/aromatic N) is 3. The van der Waals surface area contributed by atoms with Crippen molar-refractivity contribution in [3.63, 3.8) is 0 Å². The molecule has 0 atom stereocenters. The number of methoxy groups -OCH3 is 2. The first-order valence-electron chi connectivity index (χ1n) is 9.40. The molecule has 0 unspecified atom stereocenters. The molecule has 0 fully saturated rings. The minimum atomic E-state index is 0.00753. The third kappa shape index (κ3) is 4.44. The van der Waals surface area contributed by atoms with E-state index in [1.165, 1.54) is 0 Å². The number of likely N-dealkylation sites (N-methyl/N-ethyl adjacent to an activating group) is 1. The number of anilines is 1. The zero-order valence-electron chi connectivity index (χ0n) is 16.9. The van der Waals surface area contributed by atoms with E-state index in [0.29, 0.717) is 23.6 Å². The van der Waals surface area contributed by atoms with Crippen molar-refractivity contribution in [2.75, 3.05) is 39.4 Å². The summed E-state index contributed by atoms with van der Waals surface area (Å²) in [6, 6.07) is 13.5. The van der Waals surface area contributed by atoms with Gasteiger partial charge >= 0.3 is 0 Å². The molecular formula is C22H27N3O3. The van der Waals surface area contributed by atoms with Crippen LogP contribution in [0.3, 0.4) is 0 Å². The molecule has 1 aliphatic rings. The molecular weight excluding hydrogens is 354 g/mol. The molecule has 0 radical (unpaired) electrons. The smallest absolute Gasteiger partial charge is 0.253 e. The summed E-state index contributed by atoms with van der Waals surface area (Å²) < 4.78 is 10.6. The average Bonchev–Trinajstić information content (AvgIpc) is 3.17. The number of hydrogen-bond acceptors (Lipinski definition) is 5. The Labute approximate surface area is 166 Å². The summed E-state index contributed by atoms with van der Waals surface area (Å²) in [5.74, 6) is 1.41. The molecule has 0 saturated heterocycles. The van der Waals surface area contributed by atoms with Crippen molar-refractivity contribution in [3.8, 4) is 11.5 Å². The Balaban J connectivity index is 1.60. The van der Waals surface area contributed by atoms with E-state index in [1.807, 2.05) is 61.4 Å². The molecule has 1 amide bonds. The minimum absolute atomic E-state index is 0.00753. The second-order valence-corrected chi connectivity index (χ2v) is 6.92. The molecule has 0 aromatic heterocycles. The molecule has 0 aliphatic carbocycles. The number of carbonyl (C=O) groups excluding carboxylic acids is 1. The van der Waals surface area contributed by atoms with Gasteiger partial charge in [-0.1, -0.05) is 6.07 Å². The largest absolute Gasteiger partial charge is 0.493 e. The summed E-state index contributed by atoms with van der Waals surface area (Å²) in [5, 5.41) is 6.47. The number of rotatable bonds is 7. The van der Waals surface area contributed by atoms with Gasteiger partial charge in [-0.3, -0.25) is 9.80 Å². The van der Waals surface area contributed by atoms with Gasteiger partial charge in [-0.25, -0.2) is 0 Å². The highest BCUT2D eigenvalue weighted by atomic mass is 16.5. The van der Waals surface area contributed by atoms with Crippen LogP contribution in [-0.2, 0) is 6.42 Å². The van der Waals surface area contributed by atoms with Gasteiger partial charge in [0.25, 0.3) is 5.91 Å². The van der Waals surface area contributed by atoms with Crippen LogP contribution in [0.4, 0.5) is 5.69 Å². The van der Waals surface area contributed by atoms with Crippen LogP contribution in [0, 0.1) is 0 Å². The summed E-state index contributed by atoms with van der Waals surface area (Å²) in [5.41, 5.74) is 3.92. The van der Waals surface area contributed by atoms with Gasteiger partial charge in [0.2, 0.25) is 0 Å². The quantitative estimate of drug-likeness (QED) is 0.735. The van der Waals surface area contributed by atoms with E-state index in [4.69, 9.17) is 9.47 Å². The molecule has 1 heterocycles. The first kappa shape index (κ1) is 19.7. The fourth-order valence-electron chi connectivity index (χ4n) is 3.19. The Hall–Kier alpha value is -3.02. The average molecular weight is 381 g/mol. The Morgan fingerprint density at radius 2 is 1.82 bits per heavy atom. The van der Waals surface area contributed by atoms with Crippen molar-refractivity contribution in [1.29, 1.82) is 0 Å². The number of hydrazone groups is 1. The molecule has 148 valence electrons. The van der Waals surface area contributed by atoms with Gasteiger partial charge in [0, 0.05) is 37.8 Å². The van der Waals surface area contributed by atoms with E-state index in [0.717, 1.165) is 36.3 Å². The Kier molecular flexibility index (Phi) is 6.19. The van der Waals surface area contributed by atoms with E-state index >= 15 is 0 Å². The maximum Gasteiger partial charge on any atom is 0.253 e. The lowest BCUT2D eigenvalue weighted by Crippen LogP contribution is -2.28. The Morgan fingerprint density at radius 3 is 2.43 bits per heavy atom. The first-order valence-corrected chi connectivity index (χ1v) is 9.40. The monoisotopic (exact) mass is 381 g/mol. The predicted octanol–water partition coefficient (Wildman–Crippen LogP) is 3.60. The van der Waals surface area contributed by atoms with E-state index in [2.05, 4.69) is 5.10 Å². The van der Waals surface area contributed by atoms with E-state index in [1.54, 1.807) is 19.1 Å². The molecule has 3 rings (SSSR count). The molecule has 28 heavy (non-hydrogen) atoms. The van der Waals surface area contributed by atoms with Crippen LogP contribution in [0.25, 0.3) is 0 Å². The summed E-state index contributed by atoms with van der Waals surface area (Å²) in [6.07, 6.45) is 1.72. The highest BCUT2D eigenvalue weighted by Crippen LogP contribution is 2.27. The lowest BCUT2D eigenvalue weighted by molar-refractivity contribution is 0.0796. The highest BCUT2D eigenvalue weighted by Gasteiger charge is 2.15. The summed E-state index contributed by atoms with van der Waals surface area (Å²) in [6.45, 7) is 3.54. The minimum Gasteiger partial charge on any atom is -0.493 e. The van der Waals surface area contributed by atoms with E-state index in [9.17, 15) is 4.79 Å². The van der Waals surface area contributed by atoms with E-state index in [-0.39, 0.29) is 5.91 Å². The van der Waals surface area contributed by atoms with E-state index < -0.39 is 0 Å². The fourth-order valence-corrected chi connectivity index (χ4v) is 3.19. The number of amides is 1. The van der Waals surface area contributed by atoms with Gasteiger partial charge in [0.05, 0.1) is 19.9 Å². The number of ether oxygens (including phenoxy) is 2. The van der Waals surface area contributed by atoms with Gasteiger partial charge in [0.15, 0.2) is 11.5 Å². The van der Waals surface area contributed by atoms with Gasteiger partial charge in [0.1, 0.15) is 0 Å². The molecule has 2 aromatic rings. The molecule has 0 spiro atoms. The number of carbonyl (C=O) groups is 1. The van der Waals surface area contributed by atoms with Crippen LogP contribution in [0.2, 0.25) is 0 Å². The van der Waals surface area contributed by atoms with Gasteiger partial charge in [-0.05, 0) is 55.3 Å².